The number of aryl methyl sites for hydroxylation is 1. The zero-order valence-corrected chi connectivity index (χ0v) is 19.2. The minimum Gasteiger partial charge on any atom is -0.351 e. The Morgan fingerprint density at radius 2 is 1.88 bits per heavy atom. The molecule has 3 aromatic rings. The normalized spacial score (nSPS) is 24.0. The van der Waals surface area contributed by atoms with E-state index in [2.05, 4.69) is 15.3 Å². The van der Waals surface area contributed by atoms with Crippen LogP contribution in [0.3, 0.4) is 0 Å². The van der Waals surface area contributed by atoms with Crippen LogP contribution in [0.15, 0.2) is 35.4 Å². The molecule has 2 bridgehead atoms. The molecule has 34 heavy (non-hydrogen) atoms. The van der Waals surface area contributed by atoms with Gasteiger partial charge in [0, 0.05) is 35.9 Å². The topological polar surface area (TPSA) is 76.9 Å². The van der Waals surface area contributed by atoms with Crippen LogP contribution in [-0.2, 0) is 23.7 Å². The fourth-order valence-corrected chi connectivity index (χ4v) is 5.96. The van der Waals surface area contributed by atoms with E-state index in [-0.39, 0.29) is 28.0 Å². The molecule has 1 amide bonds. The lowest BCUT2D eigenvalue weighted by molar-refractivity contribution is -0.136. The molecule has 3 aliphatic rings. The third-order valence-electron chi connectivity index (χ3n) is 7.45. The van der Waals surface area contributed by atoms with Gasteiger partial charge in [0.2, 0.25) is 5.91 Å². The maximum atomic E-state index is 14.7. The molecule has 9 heteroatoms. The zero-order valence-electron chi connectivity index (χ0n) is 19.2. The Morgan fingerprint density at radius 3 is 2.53 bits per heavy atom. The predicted molar refractivity (Wildman–Crippen MR) is 120 cm³/mol. The van der Waals surface area contributed by atoms with Crippen LogP contribution in [0.25, 0.3) is 11.0 Å². The first-order valence-corrected chi connectivity index (χ1v) is 11.3. The molecule has 178 valence electrons. The number of pyridine rings is 1. The first-order chi connectivity index (χ1) is 16.1. The predicted octanol–water partition coefficient (Wildman–Crippen LogP) is 4.06. The highest BCUT2D eigenvalue weighted by Crippen LogP contribution is 2.67. The largest absolute Gasteiger partial charge is 0.351 e. The van der Waals surface area contributed by atoms with Gasteiger partial charge in [0.05, 0.1) is 11.3 Å². The summed E-state index contributed by atoms with van der Waals surface area (Å²) in [5.41, 5.74) is 0.729. The van der Waals surface area contributed by atoms with Crippen LogP contribution in [-0.4, -0.2) is 26.0 Å². The van der Waals surface area contributed by atoms with Gasteiger partial charge in [-0.25, -0.2) is 23.1 Å². The van der Waals surface area contributed by atoms with Crippen LogP contribution in [0.4, 0.5) is 13.2 Å². The number of rotatable bonds is 6. The number of aromatic nitrogens is 3. The third kappa shape index (κ3) is 3.32. The third-order valence-corrected chi connectivity index (χ3v) is 7.45. The standard InChI is InChI=1S/C25H25F3N4O2/c1-13(15-5-4-6-16(20(15)26)21(27)28)7-19-17-8-18(23(34)32(3)22(17)30-12-29-19)24-9-25(10-24,11-24)31-14(2)33/h4-6,8,12-13,21H,7,9-11H2,1-3H3,(H,31,33)/t13-,24?,25?/m0/s1. The number of amides is 1. The first kappa shape index (κ1) is 22.6. The van der Waals surface area contributed by atoms with Crippen molar-refractivity contribution >= 4 is 16.9 Å². The van der Waals surface area contributed by atoms with Crippen molar-refractivity contribution in [1.82, 2.24) is 19.9 Å². The number of halogens is 3. The van der Waals surface area contributed by atoms with Crippen LogP contribution >= 0.6 is 0 Å². The van der Waals surface area contributed by atoms with Gasteiger partial charge >= 0.3 is 0 Å². The minimum atomic E-state index is -2.89. The van der Waals surface area contributed by atoms with Crippen molar-refractivity contribution < 1.29 is 18.0 Å². The molecule has 0 saturated heterocycles. The molecule has 3 fully saturated rings. The molecule has 0 aliphatic heterocycles. The Hall–Kier alpha value is -3.23. The molecule has 2 heterocycles. The molecule has 1 N–H and O–H groups in total. The number of fused-ring (bicyclic) bond motifs is 1. The van der Waals surface area contributed by atoms with Crippen LogP contribution in [0.5, 0.6) is 0 Å². The number of nitrogens with zero attached hydrogens (tertiary/aromatic N) is 3. The minimum absolute atomic E-state index is 0.0764. The second-order valence-electron chi connectivity index (χ2n) is 9.91. The number of hydrogen-bond acceptors (Lipinski definition) is 4. The summed E-state index contributed by atoms with van der Waals surface area (Å²) in [6.07, 6.45) is 0.908. The summed E-state index contributed by atoms with van der Waals surface area (Å²) in [5, 5.41) is 3.69. The quantitative estimate of drug-likeness (QED) is 0.590. The van der Waals surface area contributed by atoms with E-state index in [0.29, 0.717) is 48.0 Å². The molecule has 0 unspecified atom stereocenters. The number of nitrogens with one attached hydrogen (secondary N) is 1. The summed E-state index contributed by atoms with van der Waals surface area (Å²) in [5.74, 6) is -1.39. The number of carbonyl (C=O) groups excluding carboxylic acids is 1. The van der Waals surface area contributed by atoms with Crippen LogP contribution in [0.2, 0.25) is 0 Å². The summed E-state index contributed by atoms with van der Waals surface area (Å²) >= 11 is 0. The van der Waals surface area contributed by atoms with Crippen molar-refractivity contribution in [2.75, 3.05) is 0 Å². The fraction of sp³-hybridized carbons (Fsp3) is 0.440. The Kier molecular flexibility index (Phi) is 5.07. The lowest BCUT2D eigenvalue weighted by atomic mass is 9.37. The number of hydrogen-bond donors (Lipinski definition) is 1. The summed E-state index contributed by atoms with van der Waals surface area (Å²) in [6, 6.07) is 5.88. The Morgan fingerprint density at radius 1 is 1.21 bits per heavy atom. The SMILES string of the molecule is CC(=O)NC12CC(c3cc4c(C[C@H](C)c5cccc(C(F)F)c5F)ncnc4n(C)c3=O)(C1)C2. The van der Waals surface area contributed by atoms with Crippen molar-refractivity contribution in [2.24, 2.45) is 7.05 Å². The maximum Gasteiger partial charge on any atom is 0.266 e. The molecular weight excluding hydrogens is 445 g/mol. The van der Waals surface area contributed by atoms with Crippen molar-refractivity contribution in [3.05, 3.63) is 69.1 Å². The van der Waals surface area contributed by atoms with E-state index in [0.717, 1.165) is 6.07 Å². The van der Waals surface area contributed by atoms with Crippen molar-refractivity contribution in [1.29, 1.82) is 0 Å². The van der Waals surface area contributed by atoms with Gasteiger partial charge in [-0.1, -0.05) is 25.1 Å². The van der Waals surface area contributed by atoms with Crippen molar-refractivity contribution in [2.45, 2.75) is 62.8 Å². The average molecular weight is 470 g/mol. The Bertz CT molecular complexity index is 1360. The van der Waals surface area contributed by atoms with E-state index < -0.39 is 23.7 Å². The van der Waals surface area contributed by atoms with Gasteiger partial charge in [0.15, 0.2) is 0 Å². The molecule has 0 spiro atoms. The molecule has 3 aliphatic carbocycles. The smallest absolute Gasteiger partial charge is 0.266 e. The summed E-state index contributed by atoms with van der Waals surface area (Å²) < 4.78 is 42.6. The number of carbonyl (C=O) groups is 1. The van der Waals surface area contributed by atoms with Crippen molar-refractivity contribution in [3.63, 3.8) is 0 Å². The van der Waals surface area contributed by atoms with E-state index in [1.165, 1.54) is 30.0 Å². The van der Waals surface area contributed by atoms with Gasteiger partial charge in [-0.3, -0.25) is 14.2 Å². The van der Waals surface area contributed by atoms with Crippen LogP contribution in [0, 0.1) is 5.82 Å². The van der Waals surface area contributed by atoms with Crippen LogP contribution in [0.1, 0.15) is 67.8 Å². The molecule has 6 rings (SSSR count). The van der Waals surface area contributed by atoms with Gasteiger partial charge < -0.3 is 5.32 Å². The van der Waals surface area contributed by atoms with Gasteiger partial charge in [0.1, 0.15) is 17.8 Å². The summed E-state index contributed by atoms with van der Waals surface area (Å²) in [7, 11) is 1.66. The van der Waals surface area contributed by atoms with E-state index in [4.69, 9.17) is 0 Å². The van der Waals surface area contributed by atoms with Crippen LogP contribution < -0.4 is 10.9 Å². The second kappa shape index (κ2) is 7.65. The van der Waals surface area contributed by atoms with Gasteiger partial charge in [-0.15, -0.1) is 0 Å². The van der Waals surface area contributed by atoms with E-state index in [1.807, 2.05) is 6.07 Å². The highest BCUT2D eigenvalue weighted by atomic mass is 19.3. The molecule has 6 nitrogen and oxygen atoms in total. The van der Waals surface area contributed by atoms with Gasteiger partial charge in [-0.2, -0.15) is 0 Å². The molecule has 2 aromatic heterocycles. The molecular formula is C25H25F3N4O2. The average Bonchev–Trinajstić information content (AvgIpc) is 2.72. The maximum absolute atomic E-state index is 14.7. The lowest BCUT2D eigenvalue weighted by Crippen LogP contribution is -2.77. The molecule has 1 aromatic carbocycles. The van der Waals surface area contributed by atoms with Crippen molar-refractivity contribution in [3.8, 4) is 0 Å². The van der Waals surface area contributed by atoms with E-state index in [9.17, 15) is 22.8 Å². The van der Waals surface area contributed by atoms with Gasteiger partial charge in [0.25, 0.3) is 12.0 Å². The molecule has 1 atom stereocenters. The highest BCUT2D eigenvalue weighted by Gasteiger charge is 2.69. The second-order valence-corrected chi connectivity index (χ2v) is 9.91. The first-order valence-electron chi connectivity index (χ1n) is 11.3. The highest BCUT2D eigenvalue weighted by molar-refractivity contribution is 5.79. The lowest BCUT2D eigenvalue weighted by Gasteiger charge is -2.70. The monoisotopic (exact) mass is 470 g/mol. The Balaban J connectivity index is 1.51. The van der Waals surface area contributed by atoms with Gasteiger partial charge in [-0.05, 0) is 43.2 Å². The zero-order chi connectivity index (χ0) is 24.4. The number of alkyl halides is 2. The molecule has 0 radical (unpaired) electrons. The number of benzene rings is 1. The summed E-state index contributed by atoms with van der Waals surface area (Å²) in [6.45, 7) is 3.26. The fourth-order valence-electron chi connectivity index (χ4n) is 5.96. The van der Waals surface area contributed by atoms with E-state index >= 15 is 0 Å². The summed E-state index contributed by atoms with van der Waals surface area (Å²) in [4.78, 5) is 33.4. The molecule has 3 saturated carbocycles. The Labute approximate surface area is 194 Å². The van der Waals surface area contributed by atoms with E-state index in [1.54, 1.807) is 14.0 Å².